The highest BCUT2D eigenvalue weighted by molar-refractivity contribution is 7.65. The molecule has 2 fully saturated rings. The van der Waals surface area contributed by atoms with Gasteiger partial charge in [0.25, 0.3) is 5.56 Å². The minimum Gasteiger partial charge on any atom is -0.332 e. The van der Waals surface area contributed by atoms with E-state index in [0.29, 0.717) is 6.04 Å². The maximum Gasteiger partial charge on any atom is 0.256 e. The lowest BCUT2D eigenvalue weighted by Gasteiger charge is -2.30. The first kappa shape index (κ1) is 15.1. The van der Waals surface area contributed by atoms with E-state index in [9.17, 15) is 4.79 Å². The Labute approximate surface area is 147 Å². The van der Waals surface area contributed by atoms with E-state index in [4.69, 9.17) is 0 Å². The summed E-state index contributed by atoms with van der Waals surface area (Å²) in [4.78, 5) is 15.8. The summed E-state index contributed by atoms with van der Waals surface area (Å²) < 4.78 is 5.11. The first-order valence-electron chi connectivity index (χ1n) is 8.82. The van der Waals surface area contributed by atoms with Crippen LogP contribution in [0.5, 0.6) is 0 Å². The highest BCUT2D eigenvalue weighted by Crippen LogP contribution is 2.54. The van der Waals surface area contributed by atoms with E-state index in [2.05, 4.69) is 50.7 Å². The molecule has 2 atom stereocenters. The third-order valence-electron chi connectivity index (χ3n) is 5.21. The molecular weight excluding hydrogens is 329 g/mol. The molecule has 1 N–H and O–H groups in total. The van der Waals surface area contributed by atoms with Gasteiger partial charge in [-0.3, -0.25) is 9.46 Å². The number of aromatic amines is 1. The van der Waals surface area contributed by atoms with Crippen molar-refractivity contribution < 1.29 is 0 Å². The van der Waals surface area contributed by atoms with Crippen molar-refractivity contribution in [3.05, 3.63) is 71.0 Å². The van der Waals surface area contributed by atoms with Crippen molar-refractivity contribution in [2.24, 2.45) is 0 Å². The molecule has 4 nitrogen and oxygen atoms in total. The number of fused-ring (bicyclic) bond motifs is 2. The summed E-state index contributed by atoms with van der Waals surface area (Å²) in [6.07, 6.45) is 2.50. The fourth-order valence-electron chi connectivity index (χ4n) is 4.06. The Morgan fingerprint density at radius 1 is 1.04 bits per heavy atom. The number of rotatable bonds is 2. The molecule has 126 valence electrons. The van der Waals surface area contributed by atoms with Gasteiger partial charge in [0.1, 0.15) is 8.22 Å². The van der Waals surface area contributed by atoms with Crippen LogP contribution in [0.4, 0.5) is 5.69 Å². The van der Waals surface area contributed by atoms with Crippen LogP contribution in [0.25, 0.3) is 10.8 Å². The number of hydrogen-bond donors (Lipinski definition) is 1. The number of nitrogens with zero attached hydrogens (tertiary/aromatic N) is 2. The second-order valence-corrected chi connectivity index (χ2v) is 8.79. The van der Waals surface area contributed by atoms with Crippen LogP contribution < -0.4 is 15.7 Å². The van der Waals surface area contributed by atoms with E-state index in [-0.39, 0.29) is 5.56 Å². The number of anilines is 1. The van der Waals surface area contributed by atoms with Crippen LogP contribution in [-0.4, -0.2) is 28.8 Å². The highest BCUT2D eigenvalue weighted by atomic mass is 31.1. The van der Waals surface area contributed by atoms with Crippen LogP contribution in [0.2, 0.25) is 0 Å². The monoisotopic (exact) mass is 349 g/mol. The molecule has 0 bridgehead atoms. The Bertz CT molecular complexity index is 971. The largest absolute Gasteiger partial charge is 0.332 e. The zero-order chi connectivity index (χ0) is 16.8. The standard InChI is InChI=1S/C20H20N3OP/c24-20-18-11-5-4-7-15(18)13-19(21-20)25-22-12-6-10-17(22)14-23(25)16-8-2-1-3-9-16/h1-5,7-9,11,13,17H,6,10,12,14H2,(H,21,24)/t17-,25?/m0/s1. The van der Waals surface area contributed by atoms with Gasteiger partial charge in [0.15, 0.2) is 0 Å². The normalized spacial score (nSPS) is 23.3. The third kappa shape index (κ3) is 2.48. The van der Waals surface area contributed by atoms with Crippen LogP contribution in [0.1, 0.15) is 12.8 Å². The molecular formula is C20H20N3OP. The lowest BCUT2D eigenvalue weighted by atomic mass is 10.2. The Morgan fingerprint density at radius 3 is 2.72 bits per heavy atom. The number of para-hydroxylation sites is 1. The lowest BCUT2D eigenvalue weighted by molar-refractivity contribution is 0.467. The predicted molar refractivity (Wildman–Crippen MR) is 105 cm³/mol. The second-order valence-electron chi connectivity index (χ2n) is 6.74. The number of hydrogen-bond acceptors (Lipinski definition) is 3. The summed E-state index contributed by atoms with van der Waals surface area (Å²) >= 11 is 0. The van der Waals surface area contributed by atoms with E-state index >= 15 is 0 Å². The minimum atomic E-state index is -0.699. The van der Waals surface area contributed by atoms with Crippen molar-refractivity contribution in [3.63, 3.8) is 0 Å². The summed E-state index contributed by atoms with van der Waals surface area (Å²) in [7, 11) is -0.699. The van der Waals surface area contributed by atoms with Gasteiger partial charge in [-0.2, -0.15) is 0 Å². The molecule has 3 aromatic rings. The number of aromatic nitrogens is 1. The maximum atomic E-state index is 12.6. The molecule has 5 heteroatoms. The van der Waals surface area contributed by atoms with E-state index in [1.165, 1.54) is 18.5 Å². The fourth-order valence-corrected chi connectivity index (χ4v) is 6.85. The first-order valence-corrected chi connectivity index (χ1v) is 10.1. The van der Waals surface area contributed by atoms with E-state index in [1.807, 2.05) is 24.3 Å². The first-order chi connectivity index (χ1) is 12.3. The SMILES string of the molecule is O=c1[nH]c(P2N(c3ccccc3)C[C@@H]3CCCN32)cc2ccccc12. The summed E-state index contributed by atoms with van der Waals surface area (Å²) in [6.45, 7) is 2.17. The summed E-state index contributed by atoms with van der Waals surface area (Å²) in [5, 5.41) is 1.80. The molecule has 0 saturated carbocycles. The molecule has 0 spiro atoms. The van der Waals surface area contributed by atoms with Crippen molar-refractivity contribution in [3.8, 4) is 0 Å². The number of pyridine rings is 1. The van der Waals surface area contributed by atoms with Gasteiger partial charge < -0.3 is 9.65 Å². The van der Waals surface area contributed by atoms with E-state index in [1.54, 1.807) is 0 Å². The molecule has 1 unspecified atom stereocenters. The number of benzene rings is 2. The maximum absolute atomic E-state index is 12.6. The molecule has 2 aliphatic rings. The van der Waals surface area contributed by atoms with Crippen molar-refractivity contribution in [1.29, 1.82) is 0 Å². The van der Waals surface area contributed by atoms with Crippen LogP contribution >= 0.6 is 8.22 Å². The van der Waals surface area contributed by atoms with E-state index in [0.717, 1.165) is 29.3 Å². The van der Waals surface area contributed by atoms with Gasteiger partial charge in [-0.05, 0) is 42.5 Å². The third-order valence-corrected chi connectivity index (χ3v) is 7.75. The van der Waals surface area contributed by atoms with Gasteiger partial charge in [0, 0.05) is 30.2 Å². The minimum absolute atomic E-state index is 0.0197. The zero-order valence-corrected chi connectivity index (χ0v) is 14.8. The molecule has 25 heavy (non-hydrogen) atoms. The molecule has 2 saturated heterocycles. The zero-order valence-electron chi connectivity index (χ0n) is 13.9. The summed E-state index contributed by atoms with van der Waals surface area (Å²) in [5.74, 6) is 0. The molecule has 2 aliphatic heterocycles. The van der Waals surface area contributed by atoms with Crippen molar-refractivity contribution in [1.82, 2.24) is 9.65 Å². The lowest BCUT2D eigenvalue weighted by Crippen LogP contribution is -2.28. The van der Waals surface area contributed by atoms with Gasteiger partial charge >= 0.3 is 0 Å². The topological polar surface area (TPSA) is 39.3 Å². The van der Waals surface area contributed by atoms with Crippen LogP contribution in [-0.2, 0) is 0 Å². The Hall–Kier alpha value is -2.16. The molecule has 2 aromatic carbocycles. The number of H-pyrrole nitrogens is 1. The fraction of sp³-hybridized carbons (Fsp3) is 0.250. The van der Waals surface area contributed by atoms with Gasteiger partial charge in [0.2, 0.25) is 0 Å². The Balaban J connectivity index is 1.65. The molecule has 1 aromatic heterocycles. The van der Waals surface area contributed by atoms with Crippen molar-refractivity contribution >= 4 is 30.1 Å². The van der Waals surface area contributed by atoms with Crippen LogP contribution in [0, 0.1) is 0 Å². The Kier molecular flexibility index (Phi) is 3.61. The average molecular weight is 349 g/mol. The smallest absolute Gasteiger partial charge is 0.256 e. The van der Waals surface area contributed by atoms with Gasteiger partial charge in [-0.1, -0.05) is 36.4 Å². The summed E-state index contributed by atoms with van der Waals surface area (Å²) in [6, 6.07) is 21.2. The number of nitrogens with one attached hydrogen (secondary N) is 1. The van der Waals surface area contributed by atoms with Crippen LogP contribution in [0.3, 0.4) is 0 Å². The molecule has 3 heterocycles. The predicted octanol–water partition coefficient (Wildman–Crippen LogP) is 3.45. The average Bonchev–Trinajstić information content (AvgIpc) is 3.23. The molecule has 5 rings (SSSR count). The van der Waals surface area contributed by atoms with Crippen LogP contribution in [0.15, 0.2) is 65.5 Å². The van der Waals surface area contributed by atoms with Crippen molar-refractivity contribution in [2.45, 2.75) is 18.9 Å². The molecule has 0 radical (unpaired) electrons. The van der Waals surface area contributed by atoms with Crippen molar-refractivity contribution in [2.75, 3.05) is 17.8 Å². The second kappa shape index (κ2) is 5.98. The van der Waals surface area contributed by atoms with Gasteiger partial charge in [-0.25, -0.2) is 0 Å². The van der Waals surface area contributed by atoms with Gasteiger partial charge in [-0.15, -0.1) is 0 Å². The highest BCUT2D eigenvalue weighted by Gasteiger charge is 2.43. The van der Waals surface area contributed by atoms with E-state index < -0.39 is 8.22 Å². The Morgan fingerprint density at radius 2 is 1.84 bits per heavy atom. The molecule has 0 aliphatic carbocycles. The molecule has 0 amide bonds. The van der Waals surface area contributed by atoms with Gasteiger partial charge in [0.05, 0.1) is 5.44 Å². The quantitative estimate of drug-likeness (QED) is 0.721. The summed E-state index contributed by atoms with van der Waals surface area (Å²) in [5.41, 5.74) is 2.33.